The van der Waals surface area contributed by atoms with E-state index in [9.17, 15) is 19.4 Å². The van der Waals surface area contributed by atoms with Crippen LogP contribution in [0.4, 0.5) is 0 Å². The van der Waals surface area contributed by atoms with Crippen LogP contribution in [0.2, 0.25) is 0 Å². The van der Waals surface area contributed by atoms with Gasteiger partial charge in [-0.25, -0.2) is 4.57 Å². The van der Waals surface area contributed by atoms with E-state index in [2.05, 4.69) is 12.2 Å². The number of hydrogen-bond donors (Lipinski definition) is 3. The third-order valence-corrected chi connectivity index (χ3v) is 6.24. The van der Waals surface area contributed by atoms with E-state index in [4.69, 9.17) is 9.05 Å². The second-order valence-corrected chi connectivity index (χ2v) is 11.2. The van der Waals surface area contributed by atoms with Gasteiger partial charge < -0.3 is 19.8 Å². The van der Waals surface area contributed by atoms with Gasteiger partial charge in [-0.1, -0.05) is 70.9 Å². The molecule has 0 aromatic rings. The van der Waals surface area contributed by atoms with Crippen LogP contribution in [0.1, 0.15) is 84.5 Å². The van der Waals surface area contributed by atoms with Crippen LogP contribution in [-0.4, -0.2) is 73.4 Å². The Hall–Kier alpha value is -0.760. The number of likely N-dealkylation sites (N-methyl/N-ethyl adjacent to an activating group) is 1. The van der Waals surface area contributed by atoms with Gasteiger partial charge in [0, 0.05) is 6.42 Å². The Kier molecular flexibility index (Phi) is 18.1. The molecule has 8 nitrogen and oxygen atoms in total. The first-order valence-corrected chi connectivity index (χ1v) is 14.1. The van der Waals surface area contributed by atoms with Gasteiger partial charge >= 0.3 is 7.82 Å². The molecular weight excluding hydrogens is 443 g/mol. The molecular formula is C24H50N2O6P+. The Morgan fingerprint density at radius 2 is 1.61 bits per heavy atom. The minimum absolute atomic E-state index is 0.0612. The molecule has 0 spiro atoms. The average molecular weight is 494 g/mol. The normalized spacial score (nSPS) is 16.0. The number of unbranched alkanes of at least 4 members (excludes halogenated alkanes) is 8. The highest BCUT2D eigenvalue weighted by molar-refractivity contribution is 7.47. The number of quaternary nitrogens is 1. The van der Waals surface area contributed by atoms with Crippen molar-refractivity contribution in [2.75, 3.05) is 40.9 Å². The molecule has 0 aliphatic rings. The molecule has 0 aromatic carbocycles. The van der Waals surface area contributed by atoms with E-state index in [-0.39, 0.29) is 19.1 Å². The zero-order valence-corrected chi connectivity index (χ0v) is 22.5. The van der Waals surface area contributed by atoms with E-state index in [1.807, 2.05) is 34.1 Å². The lowest BCUT2D eigenvalue weighted by Crippen LogP contribution is -2.45. The summed E-state index contributed by atoms with van der Waals surface area (Å²) in [6.45, 7) is 4.48. The molecule has 33 heavy (non-hydrogen) atoms. The monoisotopic (exact) mass is 493 g/mol. The lowest BCUT2D eigenvalue weighted by atomic mass is 10.1. The number of phosphoric acid groups is 1. The standard InChI is InChI=1S/C24H49N2O6P/c1-6-8-10-11-12-13-14-15-16-17-23(27)22(25-24(28)18-9-7-2)21-32-33(29,30)31-20-19-26(3,4)5/h16-17,22-23,27H,6-15,18-21H2,1-5H3,(H-,25,28,29,30)/p+1/b17-16+. The number of nitrogens with one attached hydrogen (secondary N) is 1. The molecule has 9 heteroatoms. The molecule has 0 heterocycles. The topological polar surface area (TPSA) is 105 Å². The minimum Gasteiger partial charge on any atom is -0.387 e. The summed E-state index contributed by atoms with van der Waals surface area (Å²) < 4.78 is 22.9. The Labute approximate surface area is 201 Å². The Bertz CT molecular complexity index is 580. The van der Waals surface area contributed by atoms with Crippen molar-refractivity contribution in [3.63, 3.8) is 0 Å². The van der Waals surface area contributed by atoms with Gasteiger partial charge in [-0.05, 0) is 19.3 Å². The summed E-state index contributed by atoms with van der Waals surface area (Å²) in [7, 11) is 1.56. The lowest BCUT2D eigenvalue weighted by Gasteiger charge is -2.25. The lowest BCUT2D eigenvalue weighted by molar-refractivity contribution is -0.870. The molecule has 3 atom stereocenters. The number of phosphoric ester groups is 1. The third kappa shape index (κ3) is 20.3. The van der Waals surface area contributed by atoms with Crippen molar-refractivity contribution in [2.45, 2.75) is 96.6 Å². The predicted octanol–water partition coefficient (Wildman–Crippen LogP) is 4.56. The number of nitrogens with zero attached hydrogens (tertiary/aromatic N) is 1. The van der Waals surface area contributed by atoms with Crippen LogP contribution in [-0.2, 0) is 18.4 Å². The molecule has 0 radical (unpaired) electrons. The predicted molar refractivity (Wildman–Crippen MR) is 134 cm³/mol. The van der Waals surface area contributed by atoms with E-state index in [1.165, 1.54) is 32.1 Å². The maximum Gasteiger partial charge on any atom is 0.472 e. The summed E-state index contributed by atoms with van der Waals surface area (Å²) in [6, 6.07) is -0.831. The molecule has 0 rings (SSSR count). The molecule has 3 N–H and O–H groups in total. The Balaban J connectivity index is 4.64. The first kappa shape index (κ1) is 32.2. The molecule has 0 aliphatic carbocycles. The molecule has 0 fully saturated rings. The smallest absolute Gasteiger partial charge is 0.387 e. The molecule has 0 bridgehead atoms. The van der Waals surface area contributed by atoms with Gasteiger partial charge in [0.05, 0.1) is 39.9 Å². The molecule has 3 unspecified atom stereocenters. The summed E-state index contributed by atoms with van der Waals surface area (Å²) in [4.78, 5) is 22.1. The van der Waals surface area contributed by atoms with Crippen molar-refractivity contribution >= 4 is 13.7 Å². The number of rotatable bonds is 21. The van der Waals surface area contributed by atoms with Gasteiger partial charge in [-0.3, -0.25) is 13.8 Å². The largest absolute Gasteiger partial charge is 0.472 e. The van der Waals surface area contributed by atoms with Crippen LogP contribution < -0.4 is 5.32 Å². The van der Waals surface area contributed by atoms with Crippen LogP contribution in [0.3, 0.4) is 0 Å². The van der Waals surface area contributed by atoms with Crippen molar-refractivity contribution in [2.24, 2.45) is 0 Å². The van der Waals surface area contributed by atoms with Crippen LogP contribution in [0.5, 0.6) is 0 Å². The molecule has 1 amide bonds. The maximum atomic E-state index is 12.2. The van der Waals surface area contributed by atoms with Gasteiger partial charge in [-0.2, -0.15) is 0 Å². The van der Waals surface area contributed by atoms with E-state index in [0.29, 0.717) is 17.4 Å². The molecule has 0 saturated heterocycles. The fourth-order valence-electron chi connectivity index (χ4n) is 3.07. The van der Waals surface area contributed by atoms with E-state index < -0.39 is 20.0 Å². The van der Waals surface area contributed by atoms with Gasteiger partial charge in [0.2, 0.25) is 5.91 Å². The molecule has 0 saturated carbocycles. The maximum absolute atomic E-state index is 12.2. The second kappa shape index (κ2) is 18.6. The number of amides is 1. The summed E-state index contributed by atoms with van der Waals surface area (Å²) >= 11 is 0. The zero-order chi connectivity index (χ0) is 25.2. The first-order valence-electron chi connectivity index (χ1n) is 12.6. The highest BCUT2D eigenvalue weighted by atomic mass is 31.2. The van der Waals surface area contributed by atoms with E-state index in [0.717, 1.165) is 32.1 Å². The Morgan fingerprint density at radius 3 is 2.21 bits per heavy atom. The van der Waals surface area contributed by atoms with Crippen molar-refractivity contribution in [1.82, 2.24) is 5.32 Å². The van der Waals surface area contributed by atoms with Crippen molar-refractivity contribution in [1.29, 1.82) is 0 Å². The SMILES string of the molecule is CCCCCCCCC/C=C/C(O)C(COP(=O)(O)OCC[N+](C)(C)C)NC(=O)CCCC. The van der Waals surface area contributed by atoms with E-state index in [1.54, 1.807) is 6.08 Å². The Morgan fingerprint density at radius 1 is 1.00 bits per heavy atom. The number of allylic oxidation sites excluding steroid dienone is 1. The molecule has 0 aromatic heterocycles. The van der Waals surface area contributed by atoms with Crippen molar-refractivity contribution < 1.29 is 32.9 Å². The van der Waals surface area contributed by atoms with Gasteiger partial charge in [0.1, 0.15) is 13.2 Å². The van der Waals surface area contributed by atoms with Gasteiger partial charge in [0.15, 0.2) is 0 Å². The fourth-order valence-corrected chi connectivity index (χ4v) is 3.81. The fraction of sp³-hybridized carbons (Fsp3) is 0.875. The van der Waals surface area contributed by atoms with Crippen LogP contribution in [0.15, 0.2) is 12.2 Å². The number of carbonyl (C=O) groups is 1. The van der Waals surface area contributed by atoms with Crippen molar-refractivity contribution in [3.8, 4) is 0 Å². The zero-order valence-electron chi connectivity index (χ0n) is 21.6. The number of hydrogen-bond acceptors (Lipinski definition) is 5. The van der Waals surface area contributed by atoms with Crippen LogP contribution >= 0.6 is 7.82 Å². The number of aliphatic hydroxyl groups excluding tert-OH is 1. The average Bonchev–Trinajstić information content (AvgIpc) is 2.72. The minimum atomic E-state index is -4.29. The molecule has 196 valence electrons. The van der Waals surface area contributed by atoms with Crippen molar-refractivity contribution in [3.05, 3.63) is 12.2 Å². The second-order valence-electron chi connectivity index (χ2n) is 9.72. The highest BCUT2D eigenvalue weighted by Gasteiger charge is 2.27. The third-order valence-electron chi connectivity index (χ3n) is 5.26. The summed E-state index contributed by atoms with van der Waals surface area (Å²) in [5, 5.41) is 13.3. The number of carbonyl (C=O) groups excluding carboxylic acids is 1. The van der Waals surface area contributed by atoms with Gasteiger partial charge in [-0.15, -0.1) is 0 Å². The summed E-state index contributed by atoms with van der Waals surface area (Å²) in [5.41, 5.74) is 0. The molecule has 0 aliphatic heterocycles. The summed E-state index contributed by atoms with van der Waals surface area (Å²) in [5.74, 6) is -0.219. The highest BCUT2D eigenvalue weighted by Crippen LogP contribution is 2.43. The number of aliphatic hydroxyl groups is 1. The first-order chi connectivity index (χ1) is 15.5. The van der Waals surface area contributed by atoms with Crippen LogP contribution in [0, 0.1) is 0 Å². The van der Waals surface area contributed by atoms with E-state index >= 15 is 0 Å². The van der Waals surface area contributed by atoms with Gasteiger partial charge in [0.25, 0.3) is 0 Å². The quantitative estimate of drug-likeness (QED) is 0.0937. The summed E-state index contributed by atoms with van der Waals surface area (Å²) in [6.07, 6.45) is 13.8. The van der Waals surface area contributed by atoms with Crippen LogP contribution in [0.25, 0.3) is 0 Å².